The highest BCUT2D eigenvalue weighted by molar-refractivity contribution is 7.89. The Labute approximate surface area is 191 Å². The minimum atomic E-state index is -3.62. The molecular formula is C23H23N3O4S2. The summed E-state index contributed by atoms with van der Waals surface area (Å²) in [5, 5.41) is 0. The monoisotopic (exact) mass is 469 g/mol. The molecule has 0 spiro atoms. The lowest BCUT2D eigenvalue weighted by Gasteiger charge is -2.26. The number of terminal acetylenes is 1. The Morgan fingerprint density at radius 3 is 2.47 bits per heavy atom. The molecule has 0 atom stereocenters. The van der Waals surface area contributed by atoms with Crippen molar-refractivity contribution in [3.63, 3.8) is 0 Å². The molecule has 1 amide bonds. The lowest BCUT2D eigenvalue weighted by Crippen LogP contribution is -2.40. The fraction of sp³-hybridized carbons (Fsp3) is 0.304. The minimum Gasteiger partial charge on any atom is -0.379 e. The molecule has 0 unspecified atom stereocenters. The number of thiazole rings is 1. The quantitative estimate of drug-likeness (QED) is 0.551. The van der Waals surface area contributed by atoms with E-state index in [9.17, 15) is 13.2 Å². The average molecular weight is 470 g/mol. The van der Waals surface area contributed by atoms with E-state index in [2.05, 4.69) is 17.0 Å². The van der Waals surface area contributed by atoms with Crippen molar-refractivity contribution in [2.24, 2.45) is 4.99 Å². The number of hydrogen-bond acceptors (Lipinski definition) is 5. The summed E-state index contributed by atoms with van der Waals surface area (Å²) in [6, 6.07) is 9.99. The number of carbonyl (C=O) groups is 1. The minimum absolute atomic E-state index is 0.145. The number of amides is 1. The lowest BCUT2D eigenvalue weighted by molar-refractivity contribution is 0.0730. The van der Waals surface area contributed by atoms with Gasteiger partial charge < -0.3 is 9.30 Å². The van der Waals surface area contributed by atoms with Gasteiger partial charge in [0, 0.05) is 18.7 Å². The molecule has 1 aliphatic heterocycles. The first-order valence-electron chi connectivity index (χ1n) is 10.1. The predicted octanol–water partition coefficient (Wildman–Crippen LogP) is 2.71. The molecule has 9 heteroatoms. The number of aromatic nitrogens is 1. The van der Waals surface area contributed by atoms with Crippen molar-refractivity contribution in [2.75, 3.05) is 26.3 Å². The molecule has 2 aromatic carbocycles. The van der Waals surface area contributed by atoms with Crippen molar-refractivity contribution >= 4 is 37.5 Å². The van der Waals surface area contributed by atoms with Gasteiger partial charge in [0.25, 0.3) is 5.91 Å². The first-order valence-corrected chi connectivity index (χ1v) is 12.4. The molecule has 0 aliphatic carbocycles. The van der Waals surface area contributed by atoms with Crippen LogP contribution in [0.4, 0.5) is 0 Å². The molecule has 4 rings (SSSR count). The van der Waals surface area contributed by atoms with Crippen molar-refractivity contribution in [3.8, 4) is 12.3 Å². The topological polar surface area (TPSA) is 81.0 Å². The summed E-state index contributed by atoms with van der Waals surface area (Å²) in [4.78, 5) is 17.8. The molecule has 1 saturated heterocycles. The van der Waals surface area contributed by atoms with Crippen molar-refractivity contribution in [2.45, 2.75) is 25.3 Å². The van der Waals surface area contributed by atoms with E-state index in [1.54, 1.807) is 0 Å². The molecule has 3 aromatic rings. The number of rotatable bonds is 4. The van der Waals surface area contributed by atoms with Gasteiger partial charge in [-0.25, -0.2) is 8.42 Å². The summed E-state index contributed by atoms with van der Waals surface area (Å²) >= 11 is 1.40. The van der Waals surface area contributed by atoms with Crippen molar-refractivity contribution in [1.82, 2.24) is 8.87 Å². The van der Waals surface area contributed by atoms with Crippen molar-refractivity contribution in [1.29, 1.82) is 0 Å². The first-order chi connectivity index (χ1) is 15.3. The highest BCUT2D eigenvalue weighted by atomic mass is 32.2. The molecular weight excluding hydrogens is 446 g/mol. The fourth-order valence-corrected chi connectivity index (χ4v) is 6.02. The van der Waals surface area contributed by atoms with Crippen LogP contribution in [-0.2, 0) is 21.3 Å². The Morgan fingerprint density at radius 2 is 1.81 bits per heavy atom. The van der Waals surface area contributed by atoms with Crippen LogP contribution in [0, 0.1) is 26.2 Å². The van der Waals surface area contributed by atoms with Crippen LogP contribution in [-0.4, -0.2) is 49.5 Å². The van der Waals surface area contributed by atoms with Gasteiger partial charge >= 0.3 is 0 Å². The van der Waals surface area contributed by atoms with Gasteiger partial charge in [0.15, 0.2) is 4.80 Å². The normalized spacial score (nSPS) is 15.7. The van der Waals surface area contributed by atoms with Gasteiger partial charge in [-0.3, -0.25) is 4.79 Å². The zero-order chi connectivity index (χ0) is 22.9. The number of ether oxygens (including phenoxy) is 1. The van der Waals surface area contributed by atoms with Gasteiger partial charge in [-0.05, 0) is 61.4 Å². The van der Waals surface area contributed by atoms with Gasteiger partial charge in [-0.2, -0.15) is 9.30 Å². The third kappa shape index (κ3) is 4.27. The standard InChI is InChI=1S/C23H23N3O4S2/c1-4-9-26-20-14-16(2)17(3)15-21(20)31-23(26)24-22(27)18-5-7-19(8-6-18)32(28,29)25-10-12-30-13-11-25/h1,5-8,14-15H,9-13H2,2-3H3. The van der Waals surface area contributed by atoms with E-state index in [4.69, 9.17) is 11.2 Å². The van der Waals surface area contributed by atoms with E-state index in [0.717, 1.165) is 21.3 Å². The second-order valence-corrected chi connectivity index (χ2v) is 10.5. The number of carbonyl (C=O) groups excluding carboxylic acids is 1. The maximum atomic E-state index is 12.8. The highest BCUT2D eigenvalue weighted by Gasteiger charge is 2.26. The molecule has 0 bridgehead atoms. The molecule has 0 radical (unpaired) electrons. The second-order valence-electron chi connectivity index (χ2n) is 7.54. The predicted molar refractivity (Wildman–Crippen MR) is 124 cm³/mol. The van der Waals surface area contributed by atoms with Gasteiger partial charge in [0.2, 0.25) is 10.0 Å². The molecule has 0 N–H and O–H groups in total. The summed E-state index contributed by atoms with van der Waals surface area (Å²) in [6.45, 7) is 5.75. The van der Waals surface area contributed by atoms with Crippen LogP contribution in [0.15, 0.2) is 46.3 Å². The molecule has 0 saturated carbocycles. The third-order valence-corrected chi connectivity index (χ3v) is 8.41. The Morgan fingerprint density at radius 1 is 1.16 bits per heavy atom. The third-order valence-electron chi connectivity index (χ3n) is 5.45. The highest BCUT2D eigenvalue weighted by Crippen LogP contribution is 2.22. The zero-order valence-corrected chi connectivity index (χ0v) is 19.5. The number of fused-ring (bicyclic) bond motifs is 1. The lowest BCUT2D eigenvalue weighted by atomic mass is 10.1. The summed E-state index contributed by atoms with van der Waals surface area (Å²) in [5.41, 5.74) is 3.54. The Kier molecular flexibility index (Phi) is 6.31. The summed E-state index contributed by atoms with van der Waals surface area (Å²) in [5.74, 6) is 2.17. The van der Waals surface area contributed by atoms with Crippen LogP contribution in [0.3, 0.4) is 0 Å². The molecule has 32 heavy (non-hydrogen) atoms. The summed E-state index contributed by atoms with van der Waals surface area (Å²) < 4.78 is 35.0. The maximum absolute atomic E-state index is 12.8. The molecule has 1 aliphatic rings. The fourth-order valence-electron chi connectivity index (χ4n) is 3.51. The van der Waals surface area contributed by atoms with Gasteiger partial charge in [-0.15, -0.1) is 6.42 Å². The van der Waals surface area contributed by atoms with Crippen LogP contribution in [0.5, 0.6) is 0 Å². The van der Waals surface area contributed by atoms with Gasteiger partial charge in [0.05, 0.1) is 34.9 Å². The average Bonchev–Trinajstić information content (AvgIpc) is 3.10. The summed E-state index contributed by atoms with van der Waals surface area (Å²) in [7, 11) is -3.62. The van der Waals surface area contributed by atoms with E-state index in [0.29, 0.717) is 43.2 Å². The Balaban J connectivity index is 1.67. The number of sulfonamides is 1. The van der Waals surface area contributed by atoms with E-state index < -0.39 is 15.9 Å². The molecule has 1 aromatic heterocycles. The number of nitrogens with zero attached hydrogens (tertiary/aromatic N) is 3. The van der Waals surface area contributed by atoms with Crippen LogP contribution < -0.4 is 4.80 Å². The zero-order valence-electron chi connectivity index (χ0n) is 17.9. The molecule has 2 heterocycles. The van der Waals surface area contributed by atoms with Crippen LogP contribution in [0.2, 0.25) is 0 Å². The van der Waals surface area contributed by atoms with Crippen molar-refractivity contribution < 1.29 is 17.9 Å². The SMILES string of the molecule is C#CCn1c(=NC(=O)c2ccc(S(=O)(=O)N3CCOCC3)cc2)sc2cc(C)c(C)cc21. The van der Waals surface area contributed by atoms with Crippen LogP contribution >= 0.6 is 11.3 Å². The van der Waals surface area contributed by atoms with Gasteiger partial charge in [0.1, 0.15) is 0 Å². The number of aryl methyl sites for hydroxylation is 2. The van der Waals surface area contributed by atoms with Crippen LogP contribution in [0.1, 0.15) is 21.5 Å². The smallest absolute Gasteiger partial charge is 0.279 e. The largest absolute Gasteiger partial charge is 0.379 e. The van der Waals surface area contributed by atoms with Crippen molar-refractivity contribution in [3.05, 3.63) is 57.9 Å². The van der Waals surface area contributed by atoms with E-state index >= 15 is 0 Å². The summed E-state index contributed by atoms with van der Waals surface area (Å²) in [6.07, 6.45) is 5.55. The number of hydrogen-bond donors (Lipinski definition) is 0. The number of benzene rings is 2. The van der Waals surface area contributed by atoms with Crippen LogP contribution in [0.25, 0.3) is 10.2 Å². The molecule has 166 valence electrons. The maximum Gasteiger partial charge on any atom is 0.279 e. The Bertz CT molecular complexity index is 1390. The number of morpholine rings is 1. The van der Waals surface area contributed by atoms with E-state index in [1.165, 1.54) is 39.9 Å². The Hall–Kier alpha value is -2.77. The van der Waals surface area contributed by atoms with Gasteiger partial charge in [-0.1, -0.05) is 17.3 Å². The van der Waals surface area contributed by atoms with E-state index in [-0.39, 0.29) is 4.90 Å². The first kappa shape index (κ1) is 22.4. The molecule has 7 nitrogen and oxygen atoms in total. The second kappa shape index (κ2) is 9.00. The van der Waals surface area contributed by atoms with E-state index in [1.807, 2.05) is 24.5 Å². The molecule has 1 fully saturated rings.